The number of nitrogens with one attached hydrogen (secondary N) is 1. The summed E-state index contributed by atoms with van der Waals surface area (Å²) in [5, 5.41) is 21.5. The summed E-state index contributed by atoms with van der Waals surface area (Å²) in [5.41, 5.74) is 11.0. The first-order valence-electron chi connectivity index (χ1n) is 11.6. The number of fused-ring (bicyclic) bond motifs is 1. The lowest BCUT2D eigenvalue weighted by atomic mass is 10.1. The predicted octanol–water partition coefficient (Wildman–Crippen LogP) is 3.44. The van der Waals surface area contributed by atoms with Crippen LogP contribution < -0.4 is 20.6 Å². The first-order chi connectivity index (χ1) is 18.5. The van der Waals surface area contributed by atoms with Crippen molar-refractivity contribution in [3.8, 4) is 17.3 Å². The highest BCUT2D eigenvalue weighted by Gasteiger charge is 2.23. The molecule has 0 saturated heterocycles. The molecule has 2 aromatic heterocycles. The number of hydrazone groups is 1. The largest absolute Gasteiger partial charge is 0.493 e. The van der Waals surface area contributed by atoms with Gasteiger partial charge in [-0.3, -0.25) is 4.79 Å². The minimum absolute atomic E-state index is 0.0292. The zero-order valence-electron chi connectivity index (χ0n) is 20.9. The van der Waals surface area contributed by atoms with Gasteiger partial charge in [-0.1, -0.05) is 47.7 Å². The fourth-order valence-electron chi connectivity index (χ4n) is 3.94. The molecule has 0 fully saturated rings. The van der Waals surface area contributed by atoms with E-state index in [9.17, 15) is 4.79 Å². The van der Waals surface area contributed by atoms with Crippen molar-refractivity contribution in [1.82, 2.24) is 30.7 Å². The van der Waals surface area contributed by atoms with Crippen LogP contribution in [0.25, 0.3) is 16.6 Å². The molecular formula is C26H24N8O4. The molecule has 1 amide bonds. The van der Waals surface area contributed by atoms with E-state index in [1.54, 1.807) is 27.0 Å². The molecule has 0 atom stereocenters. The molecule has 38 heavy (non-hydrogen) atoms. The summed E-state index contributed by atoms with van der Waals surface area (Å²) in [7, 11) is 1.57. The van der Waals surface area contributed by atoms with Gasteiger partial charge >= 0.3 is 0 Å². The standard InChI is InChI=1S/C26H24N8O4/c1-15(28-30-26(35)23-16(2)29-33-34(23)25-24(27)31-38-32-25)18-11-12-21(22(13-18)36-3)37-14-19-9-6-8-17-7-4-5-10-20(17)19/h4-13H,14H2,1-3H3,(H2,27,31)(H,30,35)/b28-15+. The van der Waals surface area contributed by atoms with Crippen LogP contribution in [0.3, 0.4) is 0 Å². The van der Waals surface area contributed by atoms with Gasteiger partial charge < -0.3 is 15.2 Å². The van der Waals surface area contributed by atoms with E-state index in [1.165, 1.54) is 0 Å². The normalized spacial score (nSPS) is 11.5. The Balaban J connectivity index is 1.32. The topological polar surface area (TPSA) is 156 Å². The molecule has 0 bridgehead atoms. The Morgan fingerprint density at radius 1 is 1.11 bits per heavy atom. The minimum Gasteiger partial charge on any atom is -0.493 e. The van der Waals surface area contributed by atoms with Crippen molar-refractivity contribution in [3.05, 3.63) is 83.2 Å². The number of aryl methyl sites for hydroxylation is 1. The number of aromatic nitrogens is 5. The van der Waals surface area contributed by atoms with Gasteiger partial charge in [-0.15, -0.1) is 5.10 Å². The number of nitrogens with zero attached hydrogens (tertiary/aromatic N) is 6. The van der Waals surface area contributed by atoms with Gasteiger partial charge in [-0.05, 0) is 58.7 Å². The second-order valence-electron chi connectivity index (χ2n) is 8.34. The van der Waals surface area contributed by atoms with E-state index in [4.69, 9.17) is 15.2 Å². The average Bonchev–Trinajstić information content (AvgIpc) is 3.54. The van der Waals surface area contributed by atoms with Gasteiger partial charge in [0, 0.05) is 5.56 Å². The monoisotopic (exact) mass is 512 g/mol. The van der Waals surface area contributed by atoms with E-state index in [-0.39, 0.29) is 17.3 Å². The summed E-state index contributed by atoms with van der Waals surface area (Å²) in [4.78, 5) is 12.9. The molecule has 3 N–H and O–H groups in total. The number of hydrogen-bond donors (Lipinski definition) is 2. The van der Waals surface area contributed by atoms with Gasteiger partial charge in [0.1, 0.15) is 6.61 Å². The van der Waals surface area contributed by atoms with Gasteiger partial charge in [-0.2, -0.15) is 9.78 Å². The molecular weight excluding hydrogens is 488 g/mol. The number of benzene rings is 3. The lowest BCUT2D eigenvalue weighted by Crippen LogP contribution is -2.24. The van der Waals surface area contributed by atoms with E-state index < -0.39 is 5.91 Å². The maximum absolute atomic E-state index is 12.9. The van der Waals surface area contributed by atoms with Gasteiger partial charge in [0.15, 0.2) is 17.2 Å². The second kappa shape index (κ2) is 10.4. The van der Waals surface area contributed by atoms with Gasteiger partial charge in [0.2, 0.25) is 11.6 Å². The summed E-state index contributed by atoms with van der Waals surface area (Å²) in [6.07, 6.45) is 0. The number of nitrogens with two attached hydrogens (primary N) is 1. The summed E-state index contributed by atoms with van der Waals surface area (Å²) in [6, 6.07) is 19.7. The highest BCUT2D eigenvalue weighted by molar-refractivity contribution is 6.01. The van der Waals surface area contributed by atoms with Crippen molar-refractivity contribution < 1.29 is 18.9 Å². The summed E-state index contributed by atoms with van der Waals surface area (Å²) < 4.78 is 17.4. The molecule has 0 spiro atoms. The molecule has 5 aromatic rings. The van der Waals surface area contributed by atoms with E-state index in [0.717, 1.165) is 26.6 Å². The van der Waals surface area contributed by atoms with Crippen molar-refractivity contribution in [1.29, 1.82) is 0 Å². The fourth-order valence-corrected chi connectivity index (χ4v) is 3.94. The Morgan fingerprint density at radius 3 is 2.71 bits per heavy atom. The van der Waals surface area contributed by atoms with Crippen LogP contribution >= 0.6 is 0 Å². The van der Waals surface area contributed by atoms with Gasteiger partial charge in [0.05, 0.1) is 18.5 Å². The molecule has 12 heteroatoms. The molecule has 3 aromatic carbocycles. The van der Waals surface area contributed by atoms with E-state index in [1.807, 2.05) is 36.4 Å². The number of nitrogen functional groups attached to an aromatic ring is 1. The molecule has 0 aliphatic heterocycles. The van der Waals surface area contributed by atoms with Crippen molar-refractivity contribution in [2.24, 2.45) is 5.10 Å². The Bertz CT molecular complexity index is 1650. The molecule has 0 radical (unpaired) electrons. The van der Waals surface area contributed by atoms with Crippen molar-refractivity contribution >= 4 is 28.2 Å². The van der Waals surface area contributed by atoms with Crippen LogP contribution in [0.5, 0.6) is 11.5 Å². The van der Waals surface area contributed by atoms with Gasteiger partial charge in [0.25, 0.3) is 5.91 Å². The molecule has 0 unspecified atom stereocenters. The highest BCUT2D eigenvalue weighted by Crippen LogP contribution is 2.30. The number of amides is 1. The van der Waals surface area contributed by atoms with Crippen LogP contribution in [-0.2, 0) is 6.61 Å². The number of methoxy groups -OCH3 is 1. The van der Waals surface area contributed by atoms with Crippen molar-refractivity contribution in [2.75, 3.05) is 12.8 Å². The molecule has 0 aliphatic rings. The van der Waals surface area contributed by atoms with Gasteiger partial charge in [-0.25, -0.2) is 10.1 Å². The quantitative estimate of drug-likeness (QED) is 0.235. The Morgan fingerprint density at radius 2 is 1.92 bits per heavy atom. The van der Waals surface area contributed by atoms with Crippen molar-refractivity contribution in [3.63, 3.8) is 0 Å². The zero-order chi connectivity index (χ0) is 26.6. The highest BCUT2D eigenvalue weighted by atomic mass is 16.6. The maximum atomic E-state index is 12.9. The van der Waals surface area contributed by atoms with Crippen LogP contribution in [0.15, 0.2) is 70.4 Å². The predicted molar refractivity (Wildman–Crippen MR) is 139 cm³/mol. The third kappa shape index (κ3) is 4.74. The zero-order valence-corrected chi connectivity index (χ0v) is 20.9. The number of carbonyl (C=O) groups excluding carboxylic acids is 1. The third-order valence-electron chi connectivity index (χ3n) is 5.92. The third-order valence-corrected chi connectivity index (χ3v) is 5.92. The number of anilines is 1. The summed E-state index contributed by atoms with van der Waals surface area (Å²) >= 11 is 0. The molecule has 5 rings (SSSR count). The average molecular weight is 513 g/mol. The Hall–Kier alpha value is -5.26. The van der Waals surface area contributed by atoms with E-state index >= 15 is 0 Å². The van der Waals surface area contributed by atoms with Crippen LogP contribution in [0.4, 0.5) is 5.82 Å². The molecule has 2 heterocycles. The first-order valence-corrected chi connectivity index (χ1v) is 11.6. The molecule has 0 saturated carbocycles. The Labute approximate surface area is 217 Å². The van der Waals surface area contributed by atoms with Crippen molar-refractivity contribution in [2.45, 2.75) is 20.5 Å². The smallest absolute Gasteiger partial charge is 0.292 e. The number of hydrogen-bond acceptors (Lipinski definition) is 10. The second-order valence-corrected chi connectivity index (χ2v) is 8.34. The number of ether oxygens (including phenoxy) is 2. The minimum atomic E-state index is -0.559. The molecule has 12 nitrogen and oxygen atoms in total. The fraction of sp³-hybridized carbons (Fsp3) is 0.154. The first kappa shape index (κ1) is 24.4. The SMILES string of the molecule is COc1cc(/C(C)=N/NC(=O)c2c(C)nnn2-c2nonc2N)ccc1OCc1cccc2ccccc12. The lowest BCUT2D eigenvalue weighted by Gasteiger charge is -2.13. The summed E-state index contributed by atoms with van der Waals surface area (Å²) in [5.74, 6) is 0.594. The van der Waals surface area contributed by atoms with E-state index in [0.29, 0.717) is 29.5 Å². The van der Waals surface area contributed by atoms with Crippen LogP contribution in [0, 0.1) is 6.92 Å². The lowest BCUT2D eigenvalue weighted by molar-refractivity contribution is 0.0946. The maximum Gasteiger partial charge on any atom is 0.292 e. The summed E-state index contributed by atoms with van der Waals surface area (Å²) in [6.45, 7) is 3.76. The van der Waals surface area contributed by atoms with Crippen LogP contribution in [0.1, 0.15) is 34.2 Å². The van der Waals surface area contributed by atoms with E-state index in [2.05, 4.69) is 54.0 Å². The molecule has 0 aliphatic carbocycles. The Kier molecular flexibility index (Phi) is 6.68. The number of carbonyl (C=O) groups is 1. The van der Waals surface area contributed by atoms with Crippen LogP contribution in [0.2, 0.25) is 0 Å². The van der Waals surface area contributed by atoms with Crippen LogP contribution in [-0.4, -0.2) is 44.0 Å². The number of rotatable bonds is 8. The molecule has 192 valence electrons.